The molecule has 0 bridgehead atoms. The highest BCUT2D eigenvalue weighted by molar-refractivity contribution is 5.21. The number of hydrogen-bond acceptors (Lipinski definition) is 0. The van der Waals surface area contributed by atoms with Gasteiger partial charge in [0.15, 0.2) is 17.5 Å². The van der Waals surface area contributed by atoms with Crippen molar-refractivity contribution in [3.8, 4) is 0 Å². The summed E-state index contributed by atoms with van der Waals surface area (Å²) in [6, 6.07) is 2.13. The van der Waals surface area contributed by atoms with Gasteiger partial charge in [0.2, 0.25) is 0 Å². The molecule has 0 saturated heterocycles. The Labute approximate surface area is 125 Å². The van der Waals surface area contributed by atoms with E-state index in [4.69, 9.17) is 0 Å². The molecule has 1 aromatic carbocycles. The average molecular weight is 296 g/mol. The normalized spacial score (nSPS) is 22.9. The molecule has 1 aromatic rings. The Morgan fingerprint density at radius 1 is 0.952 bits per heavy atom. The van der Waals surface area contributed by atoms with Gasteiger partial charge in [-0.15, -0.1) is 0 Å². The van der Waals surface area contributed by atoms with Crippen molar-refractivity contribution < 1.29 is 13.2 Å². The van der Waals surface area contributed by atoms with Crippen molar-refractivity contribution in [3.63, 3.8) is 0 Å². The van der Waals surface area contributed by atoms with Crippen molar-refractivity contribution in [1.29, 1.82) is 0 Å². The summed E-state index contributed by atoms with van der Waals surface area (Å²) in [5, 5.41) is 0. The molecule has 0 heterocycles. The predicted octanol–water partition coefficient (Wildman–Crippen LogP) is 5.81. The second-order valence-electron chi connectivity index (χ2n) is 6.08. The smallest absolute Gasteiger partial charge is 0.194 e. The minimum atomic E-state index is -1.39. The van der Waals surface area contributed by atoms with Gasteiger partial charge in [-0.25, -0.2) is 13.2 Å². The van der Waals surface area contributed by atoms with E-state index in [0.717, 1.165) is 30.4 Å². The van der Waals surface area contributed by atoms with E-state index in [1.807, 2.05) is 6.08 Å². The van der Waals surface area contributed by atoms with E-state index < -0.39 is 17.5 Å². The lowest BCUT2D eigenvalue weighted by Crippen LogP contribution is -2.13. The molecule has 0 unspecified atom stereocenters. The first-order chi connectivity index (χ1) is 10.1. The van der Waals surface area contributed by atoms with Crippen molar-refractivity contribution in [3.05, 3.63) is 47.3 Å². The minimum Gasteiger partial charge on any atom is -0.204 e. The van der Waals surface area contributed by atoms with E-state index in [1.54, 1.807) is 0 Å². The van der Waals surface area contributed by atoms with Gasteiger partial charge in [-0.2, -0.15) is 0 Å². The summed E-state index contributed by atoms with van der Waals surface area (Å²) in [4.78, 5) is 0. The first kappa shape index (κ1) is 16.1. The Bertz CT molecular complexity index is 462. The van der Waals surface area contributed by atoms with E-state index in [-0.39, 0.29) is 0 Å². The molecule has 1 fully saturated rings. The van der Waals surface area contributed by atoms with Crippen molar-refractivity contribution in [2.75, 3.05) is 0 Å². The molecule has 0 spiro atoms. The van der Waals surface area contributed by atoms with Crippen LogP contribution in [-0.4, -0.2) is 0 Å². The van der Waals surface area contributed by atoms with E-state index in [2.05, 4.69) is 13.0 Å². The molecule has 0 aliphatic heterocycles. The third-order valence-corrected chi connectivity index (χ3v) is 4.58. The quantitative estimate of drug-likeness (QED) is 0.475. The summed E-state index contributed by atoms with van der Waals surface area (Å²) >= 11 is 0. The molecule has 116 valence electrons. The number of allylic oxidation sites excluding steroid dienone is 2. The Morgan fingerprint density at radius 3 is 2.10 bits per heavy atom. The van der Waals surface area contributed by atoms with Crippen LogP contribution in [0.4, 0.5) is 13.2 Å². The number of rotatable bonds is 5. The van der Waals surface area contributed by atoms with Crippen LogP contribution < -0.4 is 0 Å². The standard InChI is InChI=1S/C18H23F3/c1-2-13-7-9-14(10-8-13)5-3-4-6-15-11-16(19)18(21)17(20)12-15/h3-4,11-14H,2,5-10H2,1H3/b4-3-. The fourth-order valence-corrected chi connectivity index (χ4v) is 3.11. The van der Waals surface area contributed by atoms with Crippen LogP contribution >= 0.6 is 0 Å². The molecular formula is C18H23F3. The van der Waals surface area contributed by atoms with E-state index in [1.165, 1.54) is 32.1 Å². The first-order valence-corrected chi connectivity index (χ1v) is 7.88. The van der Waals surface area contributed by atoms with Gasteiger partial charge in [0.25, 0.3) is 0 Å². The summed E-state index contributed by atoms with van der Waals surface area (Å²) in [5.74, 6) is -1.98. The van der Waals surface area contributed by atoms with Crippen molar-refractivity contribution in [2.24, 2.45) is 11.8 Å². The maximum absolute atomic E-state index is 13.1. The number of hydrogen-bond donors (Lipinski definition) is 0. The maximum Gasteiger partial charge on any atom is 0.194 e. The highest BCUT2D eigenvalue weighted by atomic mass is 19.2. The molecule has 2 rings (SSSR count). The summed E-state index contributed by atoms with van der Waals surface area (Å²) < 4.78 is 39.0. The maximum atomic E-state index is 13.1. The highest BCUT2D eigenvalue weighted by Gasteiger charge is 2.18. The molecule has 0 radical (unpaired) electrons. The molecule has 0 amide bonds. The van der Waals surface area contributed by atoms with Crippen LogP contribution in [0.15, 0.2) is 24.3 Å². The van der Waals surface area contributed by atoms with Gasteiger partial charge >= 0.3 is 0 Å². The Balaban J connectivity index is 1.78. The fourth-order valence-electron chi connectivity index (χ4n) is 3.11. The molecule has 0 atom stereocenters. The van der Waals surface area contributed by atoms with Gasteiger partial charge in [-0.3, -0.25) is 0 Å². The van der Waals surface area contributed by atoms with Gasteiger partial charge in [-0.05, 0) is 55.2 Å². The average Bonchev–Trinajstić information content (AvgIpc) is 2.49. The minimum absolute atomic E-state index is 0.443. The second kappa shape index (κ2) is 7.67. The summed E-state index contributed by atoms with van der Waals surface area (Å²) in [6.07, 6.45) is 12.0. The number of benzene rings is 1. The fraction of sp³-hybridized carbons (Fsp3) is 0.556. The zero-order valence-corrected chi connectivity index (χ0v) is 12.5. The Morgan fingerprint density at radius 2 is 1.52 bits per heavy atom. The lowest BCUT2D eigenvalue weighted by molar-refractivity contribution is 0.271. The molecule has 1 aliphatic rings. The van der Waals surface area contributed by atoms with Crippen LogP contribution in [0.2, 0.25) is 0 Å². The molecule has 3 heteroatoms. The van der Waals surface area contributed by atoms with Crippen LogP contribution in [0.3, 0.4) is 0 Å². The van der Waals surface area contributed by atoms with Gasteiger partial charge in [0.1, 0.15) is 0 Å². The monoisotopic (exact) mass is 296 g/mol. The summed E-state index contributed by atoms with van der Waals surface area (Å²) in [6.45, 7) is 2.26. The molecular weight excluding hydrogens is 273 g/mol. The van der Waals surface area contributed by atoms with Crippen LogP contribution in [0, 0.1) is 29.3 Å². The van der Waals surface area contributed by atoms with E-state index >= 15 is 0 Å². The molecule has 1 saturated carbocycles. The lowest BCUT2D eigenvalue weighted by atomic mass is 9.79. The molecule has 0 N–H and O–H groups in total. The van der Waals surface area contributed by atoms with Crippen molar-refractivity contribution in [2.45, 2.75) is 51.9 Å². The Hall–Kier alpha value is -1.25. The molecule has 0 aromatic heterocycles. The van der Waals surface area contributed by atoms with Crippen molar-refractivity contribution >= 4 is 0 Å². The van der Waals surface area contributed by atoms with Crippen LogP contribution in [0.5, 0.6) is 0 Å². The van der Waals surface area contributed by atoms with Gasteiger partial charge in [0.05, 0.1) is 0 Å². The Kier molecular flexibility index (Phi) is 5.89. The zero-order chi connectivity index (χ0) is 15.2. The highest BCUT2D eigenvalue weighted by Crippen LogP contribution is 2.32. The largest absolute Gasteiger partial charge is 0.204 e. The summed E-state index contributed by atoms with van der Waals surface area (Å²) in [5.41, 5.74) is 0.470. The van der Waals surface area contributed by atoms with Crippen molar-refractivity contribution in [1.82, 2.24) is 0 Å². The first-order valence-electron chi connectivity index (χ1n) is 7.88. The predicted molar refractivity (Wildman–Crippen MR) is 79.5 cm³/mol. The van der Waals surface area contributed by atoms with Crippen LogP contribution in [0.1, 0.15) is 51.0 Å². The zero-order valence-electron chi connectivity index (χ0n) is 12.5. The molecule has 21 heavy (non-hydrogen) atoms. The van der Waals surface area contributed by atoms with E-state index in [0.29, 0.717) is 12.0 Å². The van der Waals surface area contributed by atoms with Crippen LogP contribution in [-0.2, 0) is 6.42 Å². The van der Waals surface area contributed by atoms with E-state index in [9.17, 15) is 13.2 Å². The molecule has 1 aliphatic carbocycles. The lowest BCUT2D eigenvalue weighted by Gasteiger charge is -2.26. The van der Waals surface area contributed by atoms with Crippen LogP contribution in [0.25, 0.3) is 0 Å². The topological polar surface area (TPSA) is 0 Å². The van der Waals surface area contributed by atoms with Gasteiger partial charge < -0.3 is 0 Å². The van der Waals surface area contributed by atoms with Gasteiger partial charge in [0, 0.05) is 0 Å². The second-order valence-corrected chi connectivity index (χ2v) is 6.08. The van der Waals surface area contributed by atoms with Gasteiger partial charge in [-0.1, -0.05) is 38.3 Å². The molecule has 0 nitrogen and oxygen atoms in total. The third kappa shape index (κ3) is 4.62. The summed E-state index contributed by atoms with van der Waals surface area (Å²) in [7, 11) is 0. The SMILES string of the molecule is CCC1CCC(C/C=C\Cc2cc(F)c(F)c(F)c2)CC1. The third-order valence-electron chi connectivity index (χ3n) is 4.58. The number of halogens is 3.